The summed E-state index contributed by atoms with van der Waals surface area (Å²) in [7, 11) is -3.44. The zero-order valence-electron chi connectivity index (χ0n) is 15.6. The number of thiazole rings is 1. The van der Waals surface area contributed by atoms with Crippen LogP contribution in [0.4, 0.5) is 5.13 Å². The molecule has 1 aromatic heterocycles. The molecule has 146 valence electrons. The lowest BCUT2D eigenvalue weighted by Crippen LogP contribution is -2.13. The highest BCUT2D eigenvalue weighted by Gasteiger charge is 2.17. The Bertz CT molecular complexity index is 1120. The first-order chi connectivity index (χ1) is 13.1. The average molecular weight is 435 g/mol. The highest BCUT2D eigenvalue weighted by atomic mass is 35.5. The molecule has 0 saturated carbocycles. The Morgan fingerprint density at radius 1 is 1.14 bits per heavy atom. The van der Waals surface area contributed by atoms with Crippen LogP contribution in [0.3, 0.4) is 0 Å². The zero-order chi connectivity index (χ0) is 20.5. The summed E-state index contributed by atoms with van der Waals surface area (Å²) in [6.45, 7) is 4.27. The molecule has 1 heterocycles. The first-order valence-corrected chi connectivity index (χ1v) is 11.7. The maximum absolute atomic E-state index is 12.6. The van der Waals surface area contributed by atoms with Crippen LogP contribution in [0.15, 0.2) is 52.7 Å². The number of benzene rings is 2. The average Bonchev–Trinajstić information content (AvgIpc) is 3.09. The van der Waals surface area contributed by atoms with E-state index in [0.717, 1.165) is 17.5 Å². The molecule has 0 fully saturated rings. The highest BCUT2D eigenvalue weighted by Crippen LogP contribution is 2.28. The monoisotopic (exact) mass is 434 g/mol. The Hall–Kier alpha value is -2.22. The van der Waals surface area contributed by atoms with Gasteiger partial charge in [-0.3, -0.25) is 10.1 Å². The molecule has 8 heteroatoms. The second-order valence-corrected chi connectivity index (χ2v) is 9.96. The Morgan fingerprint density at radius 2 is 1.82 bits per heavy atom. The molecule has 5 nitrogen and oxygen atoms in total. The fourth-order valence-electron chi connectivity index (χ4n) is 2.58. The Labute approximate surface area is 173 Å². The van der Waals surface area contributed by atoms with Gasteiger partial charge in [-0.1, -0.05) is 49.7 Å². The van der Waals surface area contributed by atoms with E-state index in [1.807, 2.05) is 17.5 Å². The lowest BCUT2D eigenvalue weighted by molar-refractivity contribution is 0.102. The molecular formula is C20H19ClN2O3S2. The van der Waals surface area contributed by atoms with E-state index >= 15 is 0 Å². The summed E-state index contributed by atoms with van der Waals surface area (Å²) in [4.78, 5) is 17.0. The van der Waals surface area contributed by atoms with Crippen LogP contribution in [0, 0.1) is 0 Å². The van der Waals surface area contributed by atoms with Crippen molar-refractivity contribution < 1.29 is 13.2 Å². The molecule has 1 amide bonds. The van der Waals surface area contributed by atoms with Crippen molar-refractivity contribution in [3.05, 3.63) is 64.0 Å². The van der Waals surface area contributed by atoms with Crippen molar-refractivity contribution in [1.29, 1.82) is 0 Å². The third-order valence-corrected chi connectivity index (χ3v) is 6.41. The van der Waals surface area contributed by atoms with Crippen LogP contribution >= 0.6 is 22.9 Å². The van der Waals surface area contributed by atoms with E-state index in [-0.39, 0.29) is 15.5 Å². The molecule has 3 aromatic rings. The van der Waals surface area contributed by atoms with Gasteiger partial charge in [0.05, 0.1) is 21.2 Å². The predicted octanol–water partition coefficient (Wildman–Crippen LogP) is 5.24. The fourth-order valence-corrected chi connectivity index (χ4v) is 4.14. The molecule has 0 aliphatic carbocycles. The summed E-state index contributed by atoms with van der Waals surface area (Å²) >= 11 is 7.37. The molecule has 0 bridgehead atoms. The van der Waals surface area contributed by atoms with Crippen LogP contribution < -0.4 is 5.32 Å². The number of sulfone groups is 1. The summed E-state index contributed by atoms with van der Waals surface area (Å²) < 4.78 is 23.4. The van der Waals surface area contributed by atoms with Gasteiger partial charge in [0.2, 0.25) is 0 Å². The molecule has 0 atom stereocenters. The minimum Gasteiger partial charge on any atom is -0.298 e. The Balaban J connectivity index is 1.81. The summed E-state index contributed by atoms with van der Waals surface area (Å²) in [6.07, 6.45) is 1.08. The topological polar surface area (TPSA) is 76.1 Å². The first-order valence-electron chi connectivity index (χ1n) is 8.52. The van der Waals surface area contributed by atoms with Crippen molar-refractivity contribution in [2.24, 2.45) is 0 Å². The maximum atomic E-state index is 12.6. The van der Waals surface area contributed by atoms with Gasteiger partial charge in [0.25, 0.3) is 5.91 Å². The smallest absolute Gasteiger partial charge is 0.259 e. The maximum Gasteiger partial charge on any atom is 0.259 e. The second kappa shape index (κ2) is 8.03. The summed E-state index contributed by atoms with van der Waals surface area (Å²) in [5, 5.41) is 5.13. The molecule has 28 heavy (non-hydrogen) atoms. The van der Waals surface area contributed by atoms with E-state index in [0.29, 0.717) is 11.0 Å². The SMILES string of the molecule is CC(C)c1ccc(-c2csc(NC(=O)c3cc(S(C)(=O)=O)ccc3Cl)n2)cc1. The largest absolute Gasteiger partial charge is 0.298 e. The standard InChI is InChI=1S/C20H19ClN2O3S2/c1-12(2)13-4-6-14(7-5-13)18-11-27-20(22-18)23-19(24)16-10-15(28(3,25)26)8-9-17(16)21/h4-12H,1-3H3,(H,22,23,24). The van der Waals surface area contributed by atoms with Crippen molar-refractivity contribution >= 4 is 43.8 Å². The lowest BCUT2D eigenvalue weighted by Gasteiger charge is -2.07. The van der Waals surface area contributed by atoms with Gasteiger partial charge in [0.15, 0.2) is 15.0 Å². The molecule has 3 rings (SSSR count). The van der Waals surface area contributed by atoms with Crippen LogP contribution in [0.2, 0.25) is 5.02 Å². The van der Waals surface area contributed by atoms with Crippen LogP contribution in [-0.2, 0) is 9.84 Å². The number of amides is 1. The van der Waals surface area contributed by atoms with Crippen LogP contribution in [0.1, 0.15) is 35.7 Å². The first kappa shape index (κ1) is 20.5. The quantitative estimate of drug-likeness (QED) is 0.595. The van der Waals surface area contributed by atoms with Gasteiger partial charge in [-0.15, -0.1) is 11.3 Å². The normalized spacial score (nSPS) is 11.6. The number of anilines is 1. The molecule has 0 aliphatic rings. The van der Waals surface area contributed by atoms with Gasteiger partial charge in [-0.25, -0.2) is 13.4 Å². The molecular weight excluding hydrogens is 416 g/mol. The van der Waals surface area contributed by atoms with Crippen molar-refractivity contribution in [1.82, 2.24) is 4.98 Å². The number of carbonyl (C=O) groups excluding carboxylic acids is 1. The summed E-state index contributed by atoms with van der Waals surface area (Å²) in [6, 6.07) is 12.2. The molecule has 2 aromatic carbocycles. The Kier molecular flexibility index (Phi) is 5.88. The van der Waals surface area contributed by atoms with E-state index in [9.17, 15) is 13.2 Å². The van der Waals surface area contributed by atoms with Gasteiger partial charge in [-0.2, -0.15) is 0 Å². The van der Waals surface area contributed by atoms with Crippen LogP contribution in [0.25, 0.3) is 11.3 Å². The van der Waals surface area contributed by atoms with Crippen LogP contribution in [-0.4, -0.2) is 25.6 Å². The number of hydrogen-bond donors (Lipinski definition) is 1. The van der Waals surface area contributed by atoms with Gasteiger partial charge >= 0.3 is 0 Å². The second-order valence-electron chi connectivity index (χ2n) is 6.68. The zero-order valence-corrected chi connectivity index (χ0v) is 18.0. The number of rotatable bonds is 5. The molecule has 1 N–H and O–H groups in total. The van der Waals surface area contributed by atoms with E-state index in [1.165, 1.54) is 35.1 Å². The number of halogens is 1. The minimum atomic E-state index is -3.44. The van der Waals surface area contributed by atoms with Crippen molar-refractivity contribution in [3.8, 4) is 11.3 Å². The molecule has 0 aliphatic heterocycles. The third kappa shape index (κ3) is 4.60. The fraction of sp³-hybridized carbons (Fsp3) is 0.200. The number of nitrogens with one attached hydrogen (secondary N) is 1. The minimum absolute atomic E-state index is 0.0344. The number of hydrogen-bond acceptors (Lipinski definition) is 5. The molecule has 0 radical (unpaired) electrons. The number of carbonyl (C=O) groups is 1. The van der Waals surface area contributed by atoms with E-state index in [4.69, 9.17) is 11.6 Å². The van der Waals surface area contributed by atoms with Crippen molar-refractivity contribution in [2.45, 2.75) is 24.7 Å². The molecule has 0 saturated heterocycles. The predicted molar refractivity (Wildman–Crippen MR) is 114 cm³/mol. The van der Waals surface area contributed by atoms with Gasteiger partial charge in [0, 0.05) is 17.2 Å². The van der Waals surface area contributed by atoms with Crippen molar-refractivity contribution in [2.75, 3.05) is 11.6 Å². The summed E-state index contributed by atoms with van der Waals surface area (Å²) in [5.41, 5.74) is 3.04. The van der Waals surface area contributed by atoms with Crippen molar-refractivity contribution in [3.63, 3.8) is 0 Å². The lowest BCUT2D eigenvalue weighted by atomic mass is 10.0. The molecule has 0 spiro atoms. The summed E-state index contributed by atoms with van der Waals surface area (Å²) in [5.74, 6) is -0.0571. The Morgan fingerprint density at radius 3 is 2.43 bits per heavy atom. The third-order valence-electron chi connectivity index (χ3n) is 4.21. The highest BCUT2D eigenvalue weighted by molar-refractivity contribution is 7.90. The van der Waals surface area contributed by atoms with E-state index in [1.54, 1.807) is 0 Å². The van der Waals surface area contributed by atoms with E-state index in [2.05, 4.69) is 36.3 Å². The van der Waals surface area contributed by atoms with Gasteiger partial charge in [-0.05, 0) is 29.7 Å². The number of nitrogens with zero attached hydrogens (tertiary/aromatic N) is 1. The van der Waals surface area contributed by atoms with Gasteiger partial charge < -0.3 is 0 Å². The molecule has 0 unspecified atom stereocenters. The van der Waals surface area contributed by atoms with E-state index < -0.39 is 15.7 Å². The van der Waals surface area contributed by atoms with Gasteiger partial charge in [0.1, 0.15) is 0 Å². The number of aromatic nitrogens is 1. The van der Waals surface area contributed by atoms with Crippen LogP contribution in [0.5, 0.6) is 0 Å².